The molecule has 0 saturated carbocycles. The van der Waals surface area contributed by atoms with E-state index in [2.05, 4.69) is 31.3 Å². The minimum Gasteiger partial charge on any atom is -0.493 e. The molecule has 0 aromatic heterocycles. The van der Waals surface area contributed by atoms with Crippen LogP contribution < -0.4 is 24.3 Å². The van der Waals surface area contributed by atoms with E-state index in [1.165, 1.54) is 5.56 Å². The number of ether oxygens (including phenoxy) is 4. The summed E-state index contributed by atoms with van der Waals surface area (Å²) in [5.41, 5.74) is 2.45. The van der Waals surface area contributed by atoms with Gasteiger partial charge in [0.15, 0.2) is 23.0 Å². The van der Waals surface area contributed by atoms with Gasteiger partial charge in [0, 0.05) is 0 Å². The van der Waals surface area contributed by atoms with Gasteiger partial charge < -0.3 is 24.3 Å². The third-order valence-corrected chi connectivity index (χ3v) is 5.66. The number of benzene rings is 2. The molecule has 0 heterocycles. The van der Waals surface area contributed by atoms with Crippen molar-refractivity contribution in [1.29, 1.82) is 0 Å². The zero-order valence-electron chi connectivity index (χ0n) is 20.1. The first-order valence-corrected chi connectivity index (χ1v) is 11.3. The van der Waals surface area contributed by atoms with Crippen LogP contribution in [0.15, 0.2) is 36.4 Å². The maximum atomic E-state index is 12.3. The van der Waals surface area contributed by atoms with Crippen LogP contribution in [-0.2, 0) is 6.42 Å². The topological polar surface area (TPSA) is 49.0 Å². The van der Waals surface area contributed by atoms with Gasteiger partial charge in [-0.25, -0.2) is 4.39 Å². The molecule has 1 N–H and O–H groups in total. The number of nitrogens with one attached hydrogen (secondary N) is 1. The number of methoxy groups -OCH3 is 3. The van der Waals surface area contributed by atoms with Crippen LogP contribution >= 0.6 is 0 Å². The van der Waals surface area contributed by atoms with Gasteiger partial charge in [0.25, 0.3) is 0 Å². The number of hydrogen-bond acceptors (Lipinski definition) is 5. The second-order valence-electron chi connectivity index (χ2n) is 8.13. The largest absolute Gasteiger partial charge is 0.493 e. The average molecular weight is 448 g/mol. The summed E-state index contributed by atoms with van der Waals surface area (Å²) in [5.74, 6) is 3.78. The highest BCUT2D eigenvalue weighted by Crippen LogP contribution is 2.35. The Labute approximate surface area is 192 Å². The van der Waals surface area contributed by atoms with E-state index in [0.717, 1.165) is 49.4 Å². The summed E-state index contributed by atoms with van der Waals surface area (Å²) in [7, 11) is 4.94. The third-order valence-electron chi connectivity index (χ3n) is 5.66. The molecule has 2 aromatic carbocycles. The minimum atomic E-state index is -0.515. The summed E-state index contributed by atoms with van der Waals surface area (Å²) in [4.78, 5) is 0. The Kier molecular flexibility index (Phi) is 11.2. The molecule has 0 aliphatic heterocycles. The first-order valence-electron chi connectivity index (χ1n) is 11.3. The molecule has 2 aromatic rings. The Bertz CT molecular complexity index is 812. The second-order valence-corrected chi connectivity index (χ2v) is 8.13. The van der Waals surface area contributed by atoms with Crippen LogP contribution in [0.3, 0.4) is 0 Å². The first-order chi connectivity index (χ1) is 15.5. The second kappa shape index (κ2) is 13.8. The number of hydrogen-bond donors (Lipinski definition) is 1. The number of halogens is 1. The van der Waals surface area contributed by atoms with Crippen LogP contribution in [0.4, 0.5) is 4.39 Å². The molecule has 0 aliphatic rings. The summed E-state index contributed by atoms with van der Waals surface area (Å²) in [5, 5.41) is 3.54. The zero-order valence-corrected chi connectivity index (χ0v) is 20.1. The molecule has 0 spiro atoms. The molecule has 0 radical (unpaired) electrons. The van der Waals surface area contributed by atoms with Gasteiger partial charge in [0.1, 0.15) is 13.3 Å². The Balaban J connectivity index is 1.81. The Hall–Kier alpha value is -2.47. The van der Waals surface area contributed by atoms with E-state index in [1.54, 1.807) is 21.3 Å². The van der Waals surface area contributed by atoms with E-state index < -0.39 is 6.67 Å². The Morgan fingerprint density at radius 1 is 0.844 bits per heavy atom. The van der Waals surface area contributed by atoms with E-state index in [4.69, 9.17) is 18.9 Å². The molecule has 5 nitrogen and oxygen atoms in total. The lowest BCUT2D eigenvalue weighted by Crippen LogP contribution is -2.19. The van der Waals surface area contributed by atoms with Crippen molar-refractivity contribution in [2.24, 2.45) is 5.92 Å². The fourth-order valence-corrected chi connectivity index (χ4v) is 3.91. The van der Waals surface area contributed by atoms with Gasteiger partial charge in [-0.3, -0.25) is 0 Å². The minimum absolute atomic E-state index is 0.0396. The number of alkyl halides is 1. The fraction of sp³-hybridized carbons (Fsp3) is 0.538. The van der Waals surface area contributed by atoms with Crippen molar-refractivity contribution in [3.8, 4) is 23.0 Å². The molecular weight excluding hydrogens is 409 g/mol. The lowest BCUT2D eigenvalue weighted by Gasteiger charge is -2.22. The van der Waals surface area contributed by atoms with Crippen molar-refractivity contribution in [2.45, 2.75) is 39.0 Å². The monoisotopic (exact) mass is 447 g/mol. The standard InChI is InChI=1S/C26H38FNO4/c1-19(2)22(21-9-11-23(29-3)26(18-21)31-5)7-6-14-28-15-12-20-8-10-24(32-16-13-27)25(17-20)30-4/h8-11,17-19,22,28H,6-7,12-16H2,1-5H3. The average Bonchev–Trinajstić information content (AvgIpc) is 2.81. The SMILES string of the molecule is COc1ccc(C(CCCNCCc2ccc(OCCF)c(OC)c2)C(C)C)cc1OC. The van der Waals surface area contributed by atoms with E-state index in [0.29, 0.717) is 23.3 Å². The summed E-state index contributed by atoms with van der Waals surface area (Å²) in [6, 6.07) is 12.0. The summed E-state index contributed by atoms with van der Waals surface area (Å²) < 4.78 is 33.9. The van der Waals surface area contributed by atoms with E-state index in [9.17, 15) is 4.39 Å². The maximum Gasteiger partial charge on any atom is 0.161 e. The Morgan fingerprint density at radius 3 is 2.19 bits per heavy atom. The van der Waals surface area contributed by atoms with Gasteiger partial charge in [-0.2, -0.15) is 0 Å². The molecule has 6 heteroatoms. The van der Waals surface area contributed by atoms with Crippen molar-refractivity contribution < 1.29 is 23.3 Å². The molecule has 0 fully saturated rings. The van der Waals surface area contributed by atoms with Gasteiger partial charge >= 0.3 is 0 Å². The molecular formula is C26H38FNO4. The molecule has 32 heavy (non-hydrogen) atoms. The van der Waals surface area contributed by atoms with Gasteiger partial charge in [-0.05, 0) is 79.6 Å². The highest BCUT2D eigenvalue weighted by atomic mass is 19.1. The molecule has 1 unspecified atom stereocenters. The van der Waals surface area contributed by atoms with Gasteiger partial charge in [-0.15, -0.1) is 0 Å². The van der Waals surface area contributed by atoms with Crippen molar-refractivity contribution in [3.63, 3.8) is 0 Å². The van der Waals surface area contributed by atoms with Gasteiger partial charge in [0.05, 0.1) is 21.3 Å². The smallest absolute Gasteiger partial charge is 0.161 e. The molecule has 0 amide bonds. The van der Waals surface area contributed by atoms with Crippen LogP contribution in [-0.4, -0.2) is 47.7 Å². The number of rotatable bonds is 15. The van der Waals surface area contributed by atoms with Crippen molar-refractivity contribution in [1.82, 2.24) is 5.32 Å². The predicted molar refractivity (Wildman–Crippen MR) is 127 cm³/mol. The van der Waals surface area contributed by atoms with Crippen LogP contribution in [0, 0.1) is 5.92 Å². The van der Waals surface area contributed by atoms with E-state index >= 15 is 0 Å². The van der Waals surface area contributed by atoms with E-state index in [-0.39, 0.29) is 6.61 Å². The normalized spacial score (nSPS) is 12.0. The van der Waals surface area contributed by atoms with Crippen molar-refractivity contribution in [2.75, 3.05) is 47.7 Å². The highest BCUT2D eigenvalue weighted by Gasteiger charge is 2.17. The fourth-order valence-electron chi connectivity index (χ4n) is 3.91. The molecule has 0 aliphatic carbocycles. The summed E-state index contributed by atoms with van der Waals surface area (Å²) >= 11 is 0. The van der Waals surface area contributed by atoms with Crippen LogP contribution in [0.5, 0.6) is 23.0 Å². The van der Waals surface area contributed by atoms with Crippen molar-refractivity contribution in [3.05, 3.63) is 47.5 Å². The van der Waals surface area contributed by atoms with Crippen LogP contribution in [0.2, 0.25) is 0 Å². The quantitative estimate of drug-likeness (QED) is 0.370. The van der Waals surface area contributed by atoms with Crippen LogP contribution in [0.25, 0.3) is 0 Å². The zero-order chi connectivity index (χ0) is 23.3. The maximum absolute atomic E-state index is 12.3. The molecule has 178 valence electrons. The van der Waals surface area contributed by atoms with Gasteiger partial charge in [-0.1, -0.05) is 26.0 Å². The highest BCUT2D eigenvalue weighted by molar-refractivity contribution is 5.44. The summed E-state index contributed by atoms with van der Waals surface area (Å²) in [6.45, 7) is 5.91. The lowest BCUT2D eigenvalue weighted by molar-refractivity contribution is 0.260. The molecule has 0 saturated heterocycles. The predicted octanol–water partition coefficient (Wildman–Crippen LogP) is 5.41. The molecule has 0 bridgehead atoms. The lowest BCUT2D eigenvalue weighted by atomic mass is 9.84. The van der Waals surface area contributed by atoms with Gasteiger partial charge in [0.2, 0.25) is 0 Å². The van der Waals surface area contributed by atoms with Crippen LogP contribution in [0.1, 0.15) is 43.7 Å². The van der Waals surface area contributed by atoms with E-state index in [1.807, 2.05) is 24.3 Å². The Morgan fingerprint density at radius 2 is 1.53 bits per heavy atom. The van der Waals surface area contributed by atoms with Crippen molar-refractivity contribution >= 4 is 0 Å². The molecule has 2 rings (SSSR count). The third kappa shape index (κ3) is 7.59. The summed E-state index contributed by atoms with van der Waals surface area (Å²) in [6.07, 6.45) is 3.09. The molecule has 1 atom stereocenters. The first kappa shape index (κ1) is 25.8.